The zero-order valence-electron chi connectivity index (χ0n) is 14.5. The van der Waals surface area contributed by atoms with Crippen molar-refractivity contribution in [3.05, 3.63) is 66.2 Å². The quantitative estimate of drug-likeness (QED) is 0.787. The van der Waals surface area contributed by atoms with E-state index in [1.165, 1.54) is 0 Å². The van der Waals surface area contributed by atoms with Crippen LogP contribution in [0.1, 0.15) is 36.7 Å². The fourth-order valence-electron chi connectivity index (χ4n) is 3.41. The van der Waals surface area contributed by atoms with Gasteiger partial charge in [-0.2, -0.15) is 0 Å². The van der Waals surface area contributed by atoms with Crippen molar-refractivity contribution in [1.82, 2.24) is 25.1 Å². The van der Waals surface area contributed by atoms with E-state index in [1.807, 2.05) is 47.0 Å². The molecule has 26 heavy (non-hydrogen) atoms. The van der Waals surface area contributed by atoms with E-state index in [1.54, 1.807) is 12.4 Å². The van der Waals surface area contributed by atoms with Crippen LogP contribution < -0.4 is 5.32 Å². The Kier molecular flexibility index (Phi) is 4.73. The number of nitrogens with zero attached hydrogens (tertiary/aromatic N) is 4. The number of nitrogens with one attached hydrogen (secondary N) is 1. The molecule has 1 N–H and O–H groups in total. The molecular formula is C20H21N5O. The molecule has 1 aliphatic heterocycles. The van der Waals surface area contributed by atoms with E-state index in [9.17, 15) is 4.79 Å². The highest BCUT2D eigenvalue weighted by Gasteiger charge is 2.28. The van der Waals surface area contributed by atoms with Crippen LogP contribution in [0.25, 0.3) is 11.4 Å². The molecule has 2 aromatic heterocycles. The second-order valence-electron chi connectivity index (χ2n) is 6.52. The van der Waals surface area contributed by atoms with Gasteiger partial charge in [0, 0.05) is 30.9 Å². The SMILES string of the molecule is O=C(NCc1cccnc1)C1CCCCc2nnc(-c3ccccc3)n21. The van der Waals surface area contributed by atoms with Gasteiger partial charge in [-0.05, 0) is 24.5 Å². The van der Waals surface area contributed by atoms with Crippen LogP contribution in [-0.2, 0) is 17.8 Å². The summed E-state index contributed by atoms with van der Waals surface area (Å²) in [5.74, 6) is 1.67. The van der Waals surface area contributed by atoms with E-state index in [0.717, 1.165) is 48.5 Å². The fourth-order valence-corrected chi connectivity index (χ4v) is 3.41. The number of hydrogen-bond donors (Lipinski definition) is 1. The van der Waals surface area contributed by atoms with Gasteiger partial charge in [0.05, 0.1) is 0 Å². The summed E-state index contributed by atoms with van der Waals surface area (Å²) in [5, 5.41) is 11.8. The Bertz CT molecular complexity index is 876. The molecule has 6 nitrogen and oxygen atoms in total. The van der Waals surface area contributed by atoms with Crippen molar-refractivity contribution in [2.24, 2.45) is 0 Å². The van der Waals surface area contributed by atoms with Gasteiger partial charge in [0.15, 0.2) is 5.82 Å². The summed E-state index contributed by atoms with van der Waals surface area (Å²) in [6, 6.07) is 13.5. The first kappa shape index (κ1) is 16.4. The van der Waals surface area contributed by atoms with Crippen LogP contribution >= 0.6 is 0 Å². The van der Waals surface area contributed by atoms with Gasteiger partial charge in [-0.1, -0.05) is 42.8 Å². The van der Waals surface area contributed by atoms with Crippen LogP contribution in [0.15, 0.2) is 54.9 Å². The number of hydrogen-bond acceptors (Lipinski definition) is 4. The second kappa shape index (κ2) is 7.47. The summed E-state index contributed by atoms with van der Waals surface area (Å²) < 4.78 is 2.03. The number of aromatic nitrogens is 4. The highest BCUT2D eigenvalue weighted by Crippen LogP contribution is 2.29. The Balaban J connectivity index is 1.61. The highest BCUT2D eigenvalue weighted by molar-refractivity contribution is 5.81. The van der Waals surface area contributed by atoms with Gasteiger partial charge in [0.25, 0.3) is 0 Å². The van der Waals surface area contributed by atoms with Gasteiger partial charge < -0.3 is 5.32 Å². The third-order valence-corrected chi connectivity index (χ3v) is 4.73. The predicted molar refractivity (Wildman–Crippen MR) is 98.1 cm³/mol. The third kappa shape index (κ3) is 3.35. The van der Waals surface area contributed by atoms with E-state index in [2.05, 4.69) is 20.5 Å². The first-order valence-corrected chi connectivity index (χ1v) is 8.99. The number of aryl methyl sites for hydroxylation is 1. The monoisotopic (exact) mass is 347 g/mol. The summed E-state index contributed by atoms with van der Waals surface area (Å²) >= 11 is 0. The smallest absolute Gasteiger partial charge is 0.243 e. The molecule has 3 heterocycles. The normalized spacial score (nSPS) is 16.5. The molecule has 1 aromatic carbocycles. The first-order chi connectivity index (χ1) is 12.8. The Morgan fingerprint density at radius 2 is 2.00 bits per heavy atom. The molecule has 1 unspecified atom stereocenters. The number of rotatable bonds is 4. The summed E-state index contributed by atoms with van der Waals surface area (Å²) in [4.78, 5) is 17.1. The maximum absolute atomic E-state index is 13.0. The summed E-state index contributed by atoms with van der Waals surface area (Å²) in [7, 11) is 0. The van der Waals surface area contributed by atoms with Gasteiger partial charge in [0.1, 0.15) is 11.9 Å². The molecule has 1 aliphatic rings. The minimum atomic E-state index is -0.283. The van der Waals surface area contributed by atoms with Crippen molar-refractivity contribution in [1.29, 1.82) is 0 Å². The Morgan fingerprint density at radius 1 is 1.12 bits per heavy atom. The lowest BCUT2D eigenvalue weighted by Crippen LogP contribution is -2.32. The minimum absolute atomic E-state index is 0.00832. The zero-order valence-corrected chi connectivity index (χ0v) is 14.5. The first-order valence-electron chi connectivity index (χ1n) is 8.99. The van der Waals surface area contributed by atoms with Crippen LogP contribution in [0, 0.1) is 0 Å². The van der Waals surface area contributed by atoms with Gasteiger partial charge in [-0.15, -0.1) is 10.2 Å². The van der Waals surface area contributed by atoms with Crippen molar-refractivity contribution in [2.45, 2.75) is 38.3 Å². The molecular weight excluding hydrogens is 326 g/mol. The van der Waals surface area contributed by atoms with Crippen LogP contribution in [0.5, 0.6) is 0 Å². The Labute approximate surface area is 152 Å². The van der Waals surface area contributed by atoms with E-state index < -0.39 is 0 Å². The molecule has 0 fully saturated rings. The summed E-state index contributed by atoms with van der Waals surface area (Å²) in [6.45, 7) is 0.474. The van der Waals surface area contributed by atoms with Gasteiger partial charge >= 0.3 is 0 Å². The van der Waals surface area contributed by atoms with Crippen molar-refractivity contribution in [2.75, 3.05) is 0 Å². The average Bonchev–Trinajstić information content (AvgIpc) is 3.00. The molecule has 0 aliphatic carbocycles. The average molecular weight is 347 g/mol. The molecule has 3 aromatic rings. The number of carbonyl (C=O) groups excluding carboxylic acids is 1. The summed E-state index contributed by atoms with van der Waals surface area (Å²) in [5.41, 5.74) is 1.97. The third-order valence-electron chi connectivity index (χ3n) is 4.73. The maximum Gasteiger partial charge on any atom is 0.243 e. The lowest BCUT2D eigenvalue weighted by Gasteiger charge is -2.19. The number of pyridine rings is 1. The standard InChI is InChI=1S/C20H21N5O/c26-20(22-14-15-7-6-12-21-13-15)17-10-4-5-11-18-23-24-19(25(17)18)16-8-2-1-3-9-16/h1-3,6-9,12-13,17H,4-5,10-11,14H2,(H,22,26). The molecule has 1 atom stereocenters. The van der Waals surface area contributed by atoms with Crippen molar-refractivity contribution >= 4 is 5.91 Å². The number of benzene rings is 1. The fraction of sp³-hybridized carbons (Fsp3) is 0.300. The highest BCUT2D eigenvalue weighted by atomic mass is 16.2. The maximum atomic E-state index is 13.0. The Hall–Kier alpha value is -3.02. The molecule has 0 spiro atoms. The van der Waals surface area contributed by atoms with Crippen LogP contribution in [0.2, 0.25) is 0 Å². The second-order valence-corrected chi connectivity index (χ2v) is 6.52. The van der Waals surface area contributed by atoms with Crippen LogP contribution in [0.4, 0.5) is 0 Å². The molecule has 0 saturated carbocycles. The van der Waals surface area contributed by atoms with Crippen molar-refractivity contribution in [3.8, 4) is 11.4 Å². The van der Waals surface area contributed by atoms with Crippen molar-refractivity contribution < 1.29 is 4.79 Å². The van der Waals surface area contributed by atoms with Gasteiger partial charge in [0.2, 0.25) is 5.91 Å². The van der Waals surface area contributed by atoms with Gasteiger partial charge in [-0.3, -0.25) is 14.3 Å². The molecule has 132 valence electrons. The molecule has 1 amide bonds. The van der Waals surface area contributed by atoms with E-state index >= 15 is 0 Å². The van der Waals surface area contributed by atoms with Crippen LogP contribution in [0.3, 0.4) is 0 Å². The topological polar surface area (TPSA) is 72.7 Å². The largest absolute Gasteiger partial charge is 0.350 e. The zero-order chi connectivity index (χ0) is 17.8. The van der Waals surface area contributed by atoms with E-state index in [0.29, 0.717) is 6.54 Å². The molecule has 4 rings (SSSR count). The van der Waals surface area contributed by atoms with Gasteiger partial charge in [-0.25, -0.2) is 0 Å². The lowest BCUT2D eigenvalue weighted by atomic mass is 10.1. The lowest BCUT2D eigenvalue weighted by molar-refractivity contribution is -0.124. The summed E-state index contributed by atoms with van der Waals surface area (Å²) in [6.07, 6.45) is 7.18. The number of fused-ring (bicyclic) bond motifs is 1. The number of amides is 1. The van der Waals surface area contributed by atoms with E-state index in [4.69, 9.17) is 0 Å². The predicted octanol–water partition coefficient (Wildman–Crippen LogP) is 2.92. The molecule has 0 saturated heterocycles. The Morgan fingerprint density at radius 3 is 2.81 bits per heavy atom. The molecule has 6 heteroatoms. The van der Waals surface area contributed by atoms with E-state index in [-0.39, 0.29) is 11.9 Å². The minimum Gasteiger partial charge on any atom is -0.350 e. The molecule has 0 bridgehead atoms. The van der Waals surface area contributed by atoms with Crippen molar-refractivity contribution in [3.63, 3.8) is 0 Å². The number of carbonyl (C=O) groups is 1. The molecule has 0 radical (unpaired) electrons. The van der Waals surface area contributed by atoms with Crippen LogP contribution in [-0.4, -0.2) is 25.7 Å².